The number of ether oxygens (including phenoxy) is 1. The Kier molecular flexibility index (Phi) is 5.95. The maximum Gasteiger partial charge on any atom is 0.0834 e. The Bertz CT molecular complexity index is 319. The van der Waals surface area contributed by atoms with Gasteiger partial charge in [-0.25, -0.2) is 0 Å². The molecule has 0 saturated carbocycles. The Morgan fingerprint density at radius 2 is 2.24 bits per heavy atom. The molecule has 1 heterocycles. The van der Waals surface area contributed by atoms with Crippen LogP contribution < -0.4 is 5.32 Å². The molecular formula is C12H22ClN3O. The van der Waals surface area contributed by atoms with Crippen molar-refractivity contribution in [3.05, 3.63) is 16.9 Å². The molecule has 0 aliphatic heterocycles. The molecule has 0 bridgehead atoms. The minimum atomic E-state index is 0.0948. The van der Waals surface area contributed by atoms with E-state index < -0.39 is 0 Å². The average molecular weight is 260 g/mol. The highest BCUT2D eigenvalue weighted by molar-refractivity contribution is 6.31. The van der Waals surface area contributed by atoms with E-state index >= 15 is 0 Å². The molecule has 1 aromatic heterocycles. The van der Waals surface area contributed by atoms with E-state index in [-0.39, 0.29) is 12.1 Å². The third-order valence-electron chi connectivity index (χ3n) is 2.50. The number of hydrogen-bond donors (Lipinski definition) is 1. The number of nitrogens with zero attached hydrogens (tertiary/aromatic N) is 2. The van der Waals surface area contributed by atoms with Crippen LogP contribution in [-0.4, -0.2) is 29.0 Å². The minimum Gasteiger partial charge on any atom is -0.377 e. The number of halogens is 1. The van der Waals surface area contributed by atoms with Crippen LogP contribution in [0.15, 0.2) is 6.20 Å². The van der Waals surface area contributed by atoms with Gasteiger partial charge in [0.05, 0.1) is 35.7 Å². The average Bonchev–Trinajstić information content (AvgIpc) is 2.60. The van der Waals surface area contributed by atoms with Crippen LogP contribution in [0.25, 0.3) is 0 Å². The number of aryl methyl sites for hydroxylation is 1. The molecule has 0 spiro atoms. The van der Waals surface area contributed by atoms with Crippen molar-refractivity contribution in [2.24, 2.45) is 7.05 Å². The third kappa shape index (κ3) is 4.30. The van der Waals surface area contributed by atoms with Gasteiger partial charge < -0.3 is 10.1 Å². The topological polar surface area (TPSA) is 39.1 Å². The summed E-state index contributed by atoms with van der Waals surface area (Å²) in [6, 6.07) is 0.0948. The van der Waals surface area contributed by atoms with Crippen LogP contribution in [0.1, 0.15) is 38.9 Å². The van der Waals surface area contributed by atoms with E-state index in [1.54, 1.807) is 10.9 Å². The first kappa shape index (κ1) is 14.5. The van der Waals surface area contributed by atoms with Crippen molar-refractivity contribution in [2.45, 2.75) is 39.3 Å². The number of rotatable bonds is 7. The molecule has 0 radical (unpaired) electrons. The second kappa shape index (κ2) is 6.99. The van der Waals surface area contributed by atoms with Crippen molar-refractivity contribution in [3.63, 3.8) is 0 Å². The molecule has 0 fully saturated rings. The Balaban J connectivity index is 2.74. The SMILES string of the molecule is CCCNC(COC(C)C)c1c(Cl)cnn1C. The normalized spacial score (nSPS) is 13.3. The molecule has 1 atom stereocenters. The predicted octanol–water partition coefficient (Wildman–Crippen LogP) is 2.54. The maximum absolute atomic E-state index is 6.16. The molecule has 17 heavy (non-hydrogen) atoms. The fourth-order valence-corrected chi connectivity index (χ4v) is 1.95. The van der Waals surface area contributed by atoms with Gasteiger partial charge in [0.2, 0.25) is 0 Å². The van der Waals surface area contributed by atoms with Gasteiger partial charge in [0.15, 0.2) is 0 Å². The summed E-state index contributed by atoms with van der Waals surface area (Å²) < 4.78 is 7.48. The van der Waals surface area contributed by atoms with Crippen LogP contribution >= 0.6 is 11.6 Å². The first-order chi connectivity index (χ1) is 8.06. The van der Waals surface area contributed by atoms with Gasteiger partial charge >= 0.3 is 0 Å². The zero-order chi connectivity index (χ0) is 12.8. The van der Waals surface area contributed by atoms with Crippen molar-refractivity contribution < 1.29 is 4.74 Å². The molecule has 1 unspecified atom stereocenters. The molecule has 98 valence electrons. The second-order valence-electron chi connectivity index (χ2n) is 4.39. The van der Waals surface area contributed by atoms with E-state index in [0.717, 1.165) is 18.7 Å². The van der Waals surface area contributed by atoms with Gasteiger partial charge in [0.25, 0.3) is 0 Å². The number of hydrogen-bond acceptors (Lipinski definition) is 3. The zero-order valence-electron chi connectivity index (χ0n) is 11.0. The van der Waals surface area contributed by atoms with Crippen LogP contribution in [0, 0.1) is 0 Å². The summed E-state index contributed by atoms with van der Waals surface area (Å²) in [5.74, 6) is 0. The summed E-state index contributed by atoms with van der Waals surface area (Å²) in [7, 11) is 1.90. The van der Waals surface area contributed by atoms with E-state index in [4.69, 9.17) is 16.3 Å². The van der Waals surface area contributed by atoms with Crippen LogP contribution in [0.3, 0.4) is 0 Å². The highest BCUT2D eigenvalue weighted by atomic mass is 35.5. The Morgan fingerprint density at radius 1 is 1.53 bits per heavy atom. The van der Waals surface area contributed by atoms with Crippen molar-refractivity contribution >= 4 is 11.6 Å². The summed E-state index contributed by atoms with van der Waals surface area (Å²) in [6.45, 7) is 7.74. The molecule has 1 aromatic rings. The second-order valence-corrected chi connectivity index (χ2v) is 4.80. The van der Waals surface area contributed by atoms with Gasteiger partial charge in [-0.2, -0.15) is 5.10 Å². The lowest BCUT2D eigenvalue weighted by Gasteiger charge is -2.20. The van der Waals surface area contributed by atoms with E-state index in [2.05, 4.69) is 17.3 Å². The summed E-state index contributed by atoms with van der Waals surface area (Å²) in [5, 5.41) is 8.29. The van der Waals surface area contributed by atoms with Crippen LogP contribution in [0.2, 0.25) is 5.02 Å². The Morgan fingerprint density at radius 3 is 2.71 bits per heavy atom. The van der Waals surface area contributed by atoms with Gasteiger partial charge in [0.1, 0.15) is 0 Å². The molecule has 0 saturated heterocycles. The molecule has 5 heteroatoms. The third-order valence-corrected chi connectivity index (χ3v) is 2.80. The van der Waals surface area contributed by atoms with Crippen LogP contribution in [-0.2, 0) is 11.8 Å². The molecule has 0 aromatic carbocycles. The van der Waals surface area contributed by atoms with Crippen molar-refractivity contribution in [3.8, 4) is 0 Å². The van der Waals surface area contributed by atoms with Crippen LogP contribution in [0.4, 0.5) is 0 Å². The van der Waals surface area contributed by atoms with Gasteiger partial charge in [0, 0.05) is 7.05 Å². The number of aromatic nitrogens is 2. The molecule has 0 aliphatic carbocycles. The molecule has 0 amide bonds. The van der Waals surface area contributed by atoms with Crippen molar-refractivity contribution in [1.82, 2.24) is 15.1 Å². The fraction of sp³-hybridized carbons (Fsp3) is 0.750. The smallest absolute Gasteiger partial charge is 0.0834 e. The monoisotopic (exact) mass is 259 g/mol. The largest absolute Gasteiger partial charge is 0.377 e. The highest BCUT2D eigenvalue weighted by Crippen LogP contribution is 2.22. The van der Waals surface area contributed by atoms with E-state index in [1.165, 1.54) is 0 Å². The van der Waals surface area contributed by atoms with E-state index in [1.807, 2.05) is 20.9 Å². The van der Waals surface area contributed by atoms with Gasteiger partial charge in [-0.05, 0) is 26.8 Å². The maximum atomic E-state index is 6.16. The van der Waals surface area contributed by atoms with E-state index in [9.17, 15) is 0 Å². The Hall–Kier alpha value is -0.580. The van der Waals surface area contributed by atoms with E-state index in [0.29, 0.717) is 11.6 Å². The first-order valence-corrected chi connectivity index (χ1v) is 6.46. The quantitative estimate of drug-likeness (QED) is 0.818. The standard InChI is InChI=1S/C12H22ClN3O/c1-5-6-14-11(8-17-9(2)3)12-10(13)7-15-16(12)4/h7,9,11,14H,5-6,8H2,1-4H3. The summed E-state index contributed by atoms with van der Waals surface area (Å²) >= 11 is 6.16. The number of nitrogens with one attached hydrogen (secondary N) is 1. The lowest BCUT2D eigenvalue weighted by atomic mass is 10.2. The lowest BCUT2D eigenvalue weighted by molar-refractivity contribution is 0.0596. The Labute approximate surface area is 108 Å². The molecular weight excluding hydrogens is 238 g/mol. The zero-order valence-corrected chi connectivity index (χ0v) is 11.8. The molecule has 0 aliphatic rings. The van der Waals surface area contributed by atoms with Gasteiger partial charge in [-0.15, -0.1) is 0 Å². The molecule has 1 N–H and O–H groups in total. The summed E-state index contributed by atoms with van der Waals surface area (Å²) in [4.78, 5) is 0. The highest BCUT2D eigenvalue weighted by Gasteiger charge is 2.19. The molecule has 1 rings (SSSR count). The predicted molar refractivity (Wildman–Crippen MR) is 70.3 cm³/mol. The fourth-order valence-electron chi connectivity index (χ4n) is 1.65. The van der Waals surface area contributed by atoms with Gasteiger partial charge in [-0.3, -0.25) is 4.68 Å². The molecule has 4 nitrogen and oxygen atoms in total. The summed E-state index contributed by atoms with van der Waals surface area (Å²) in [5.41, 5.74) is 0.987. The van der Waals surface area contributed by atoms with Gasteiger partial charge in [-0.1, -0.05) is 18.5 Å². The lowest BCUT2D eigenvalue weighted by Crippen LogP contribution is -2.29. The first-order valence-electron chi connectivity index (χ1n) is 6.08. The minimum absolute atomic E-state index is 0.0948. The summed E-state index contributed by atoms with van der Waals surface area (Å²) in [6.07, 6.45) is 2.97. The van der Waals surface area contributed by atoms with Crippen molar-refractivity contribution in [2.75, 3.05) is 13.2 Å². The van der Waals surface area contributed by atoms with Crippen LogP contribution in [0.5, 0.6) is 0 Å². The van der Waals surface area contributed by atoms with Crippen molar-refractivity contribution in [1.29, 1.82) is 0 Å².